The summed E-state index contributed by atoms with van der Waals surface area (Å²) in [6.45, 7) is 1.31. The molecule has 6 heteroatoms. The maximum absolute atomic E-state index is 5.54. The van der Waals surface area contributed by atoms with Crippen LogP contribution in [0.15, 0.2) is 47.6 Å². The third kappa shape index (κ3) is 4.33. The first-order valence-corrected chi connectivity index (χ1v) is 7.23. The molecule has 1 atom stereocenters. The van der Waals surface area contributed by atoms with Gasteiger partial charge in [0, 0.05) is 33.9 Å². The Morgan fingerprint density at radius 1 is 1.27 bits per heavy atom. The van der Waals surface area contributed by atoms with Gasteiger partial charge < -0.3 is 15.4 Å². The minimum atomic E-state index is -0.0172. The van der Waals surface area contributed by atoms with Crippen LogP contribution in [0.3, 0.4) is 0 Å². The molecule has 1 aromatic heterocycles. The second-order valence-electron chi connectivity index (χ2n) is 4.89. The Kier molecular flexibility index (Phi) is 5.97. The van der Waals surface area contributed by atoms with E-state index in [-0.39, 0.29) is 6.10 Å². The first-order valence-electron chi connectivity index (χ1n) is 7.23. The van der Waals surface area contributed by atoms with E-state index in [9.17, 15) is 0 Å². The number of aliphatic imine (C=N–C) groups is 1. The van der Waals surface area contributed by atoms with Crippen LogP contribution in [-0.4, -0.2) is 36.4 Å². The minimum Gasteiger partial charge on any atom is -0.375 e. The van der Waals surface area contributed by atoms with Crippen LogP contribution >= 0.6 is 0 Å². The highest BCUT2D eigenvalue weighted by Crippen LogP contribution is 2.14. The number of benzene rings is 1. The Morgan fingerprint density at radius 3 is 2.64 bits per heavy atom. The van der Waals surface area contributed by atoms with Crippen molar-refractivity contribution in [3.63, 3.8) is 0 Å². The summed E-state index contributed by atoms with van der Waals surface area (Å²) in [6, 6.07) is 12.1. The van der Waals surface area contributed by atoms with E-state index in [1.54, 1.807) is 20.4 Å². The molecule has 2 rings (SSSR count). The maximum Gasteiger partial charge on any atom is 0.191 e. The van der Waals surface area contributed by atoms with E-state index in [4.69, 9.17) is 4.74 Å². The van der Waals surface area contributed by atoms with E-state index in [1.165, 1.54) is 0 Å². The second-order valence-corrected chi connectivity index (χ2v) is 4.89. The normalized spacial score (nSPS) is 13.0. The number of aryl methyl sites for hydroxylation is 1. The molecule has 0 spiro atoms. The van der Waals surface area contributed by atoms with Crippen molar-refractivity contribution >= 4 is 5.96 Å². The molecule has 22 heavy (non-hydrogen) atoms. The third-order valence-corrected chi connectivity index (χ3v) is 3.49. The summed E-state index contributed by atoms with van der Waals surface area (Å²) in [5.41, 5.74) is 2.23. The van der Waals surface area contributed by atoms with Crippen molar-refractivity contribution in [3.05, 3.63) is 53.9 Å². The molecular weight excluding hydrogens is 278 g/mol. The Labute approximate surface area is 131 Å². The van der Waals surface area contributed by atoms with Gasteiger partial charge in [0.2, 0.25) is 0 Å². The summed E-state index contributed by atoms with van der Waals surface area (Å²) in [4.78, 5) is 4.23. The molecule has 1 unspecified atom stereocenters. The summed E-state index contributed by atoms with van der Waals surface area (Å²) in [5, 5.41) is 10.7. The monoisotopic (exact) mass is 301 g/mol. The molecule has 2 aromatic rings. The first kappa shape index (κ1) is 16.0. The SMILES string of the molecule is CN=C(NCc1ccnn1C)NCC(OC)c1ccccc1. The highest BCUT2D eigenvalue weighted by atomic mass is 16.5. The van der Waals surface area contributed by atoms with E-state index in [0.29, 0.717) is 13.1 Å². The summed E-state index contributed by atoms with van der Waals surface area (Å²) in [7, 11) is 5.39. The van der Waals surface area contributed by atoms with Gasteiger partial charge in [-0.3, -0.25) is 9.67 Å². The Bertz CT molecular complexity index is 594. The molecule has 118 valence electrons. The molecule has 1 heterocycles. The van der Waals surface area contributed by atoms with Gasteiger partial charge >= 0.3 is 0 Å². The van der Waals surface area contributed by atoms with Gasteiger partial charge in [-0.05, 0) is 11.6 Å². The lowest BCUT2D eigenvalue weighted by Gasteiger charge is -2.18. The van der Waals surface area contributed by atoms with Crippen molar-refractivity contribution in [1.82, 2.24) is 20.4 Å². The first-order chi connectivity index (χ1) is 10.7. The quantitative estimate of drug-likeness (QED) is 0.626. The van der Waals surface area contributed by atoms with Crippen LogP contribution in [0.5, 0.6) is 0 Å². The fraction of sp³-hybridized carbons (Fsp3) is 0.375. The number of methoxy groups -OCH3 is 1. The molecular formula is C16H23N5O. The lowest BCUT2D eigenvalue weighted by Crippen LogP contribution is -2.39. The topological polar surface area (TPSA) is 63.5 Å². The third-order valence-electron chi connectivity index (χ3n) is 3.49. The van der Waals surface area contributed by atoms with Gasteiger partial charge in [0.05, 0.1) is 18.3 Å². The smallest absolute Gasteiger partial charge is 0.191 e. The fourth-order valence-electron chi connectivity index (χ4n) is 2.16. The van der Waals surface area contributed by atoms with Crippen LogP contribution in [0.25, 0.3) is 0 Å². The van der Waals surface area contributed by atoms with Gasteiger partial charge in [-0.2, -0.15) is 5.10 Å². The highest BCUT2D eigenvalue weighted by Gasteiger charge is 2.10. The van der Waals surface area contributed by atoms with Crippen molar-refractivity contribution in [2.75, 3.05) is 20.7 Å². The standard InChI is InChI=1S/C16H23N5O/c1-17-16(18-11-14-9-10-20-21(14)2)19-12-15(22-3)13-7-5-4-6-8-13/h4-10,15H,11-12H2,1-3H3,(H2,17,18,19). The van der Waals surface area contributed by atoms with Gasteiger partial charge in [-0.1, -0.05) is 30.3 Å². The highest BCUT2D eigenvalue weighted by molar-refractivity contribution is 5.79. The average molecular weight is 301 g/mol. The number of hydrogen-bond acceptors (Lipinski definition) is 3. The lowest BCUT2D eigenvalue weighted by atomic mass is 10.1. The van der Waals surface area contributed by atoms with Crippen LogP contribution < -0.4 is 10.6 Å². The molecule has 0 saturated carbocycles. The number of hydrogen-bond donors (Lipinski definition) is 2. The molecule has 6 nitrogen and oxygen atoms in total. The van der Waals surface area contributed by atoms with Crippen molar-refractivity contribution in [3.8, 4) is 0 Å². The van der Waals surface area contributed by atoms with Gasteiger partial charge in [-0.15, -0.1) is 0 Å². The number of ether oxygens (including phenoxy) is 1. The zero-order valence-corrected chi connectivity index (χ0v) is 13.3. The van der Waals surface area contributed by atoms with E-state index in [1.807, 2.05) is 36.0 Å². The fourth-order valence-corrected chi connectivity index (χ4v) is 2.16. The molecule has 2 N–H and O–H groups in total. The number of nitrogens with one attached hydrogen (secondary N) is 2. The number of nitrogens with zero attached hydrogens (tertiary/aromatic N) is 3. The van der Waals surface area contributed by atoms with E-state index >= 15 is 0 Å². The summed E-state index contributed by atoms with van der Waals surface area (Å²) >= 11 is 0. The molecule has 0 aliphatic heterocycles. The molecule has 0 radical (unpaired) electrons. The van der Waals surface area contributed by atoms with Crippen LogP contribution in [0.1, 0.15) is 17.4 Å². The minimum absolute atomic E-state index is 0.0172. The van der Waals surface area contributed by atoms with Crippen LogP contribution in [-0.2, 0) is 18.3 Å². The number of aromatic nitrogens is 2. The predicted octanol–water partition coefficient (Wildman–Crippen LogP) is 1.47. The van der Waals surface area contributed by atoms with Crippen molar-refractivity contribution < 1.29 is 4.74 Å². The molecule has 0 aliphatic rings. The molecule has 0 amide bonds. The van der Waals surface area contributed by atoms with Crippen LogP contribution in [0, 0.1) is 0 Å². The molecule has 0 saturated heterocycles. The van der Waals surface area contributed by atoms with Gasteiger partial charge in [-0.25, -0.2) is 0 Å². The zero-order chi connectivity index (χ0) is 15.8. The van der Waals surface area contributed by atoms with Crippen molar-refractivity contribution in [2.24, 2.45) is 12.0 Å². The molecule has 0 bridgehead atoms. The van der Waals surface area contributed by atoms with Gasteiger partial charge in [0.1, 0.15) is 0 Å². The summed E-state index contributed by atoms with van der Waals surface area (Å²) in [5.74, 6) is 0.735. The molecule has 1 aromatic carbocycles. The number of guanidine groups is 1. The Balaban J connectivity index is 1.86. The van der Waals surface area contributed by atoms with E-state index in [0.717, 1.165) is 17.2 Å². The van der Waals surface area contributed by atoms with E-state index in [2.05, 4.69) is 32.9 Å². The predicted molar refractivity (Wildman–Crippen MR) is 87.6 cm³/mol. The Morgan fingerprint density at radius 2 is 2.05 bits per heavy atom. The second kappa shape index (κ2) is 8.19. The lowest BCUT2D eigenvalue weighted by molar-refractivity contribution is 0.106. The zero-order valence-electron chi connectivity index (χ0n) is 13.3. The van der Waals surface area contributed by atoms with E-state index < -0.39 is 0 Å². The molecule has 0 fully saturated rings. The maximum atomic E-state index is 5.54. The number of rotatable bonds is 6. The summed E-state index contributed by atoms with van der Waals surface area (Å²) in [6.07, 6.45) is 1.76. The van der Waals surface area contributed by atoms with Gasteiger partial charge in [0.15, 0.2) is 5.96 Å². The largest absolute Gasteiger partial charge is 0.375 e. The molecule has 0 aliphatic carbocycles. The van der Waals surface area contributed by atoms with Crippen molar-refractivity contribution in [1.29, 1.82) is 0 Å². The van der Waals surface area contributed by atoms with Crippen LogP contribution in [0.4, 0.5) is 0 Å². The Hall–Kier alpha value is -2.34. The average Bonchev–Trinajstić information content (AvgIpc) is 2.97. The van der Waals surface area contributed by atoms with Gasteiger partial charge in [0.25, 0.3) is 0 Å². The van der Waals surface area contributed by atoms with Crippen molar-refractivity contribution in [2.45, 2.75) is 12.6 Å². The van der Waals surface area contributed by atoms with Crippen LogP contribution in [0.2, 0.25) is 0 Å². The summed E-state index contributed by atoms with van der Waals surface area (Å²) < 4.78 is 7.38.